The molecule has 3 atom stereocenters. The topological polar surface area (TPSA) is 77.9 Å². The fraction of sp³-hybridized carbons (Fsp3) is 0.250. The van der Waals surface area contributed by atoms with Crippen molar-refractivity contribution in [1.29, 1.82) is 0 Å². The Morgan fingerprint density at radius 1 is 0.839 bits per heavy atom. The van der Waals surface area contributed by atoms with Crippen LogP contribution in [0.3, 0.4) is 0 Å². The van der Waals surface area contributed by atoms with E-state index in [9.17, 15) is 44.2 Å². The number of sulfonamides is 1. The lowest BCUT2D eigenvalue weighted by Gasteiger charge is -2.27. The molecule has 1 fully saturated rings. The molecule has 0 amide bonds. The summed E-state index contributed by atoms with van der Waals surface area (Å²) in [6.07, 6.45) is 0. The van der Waals surface area contributed by atoms with E-state index in [1.807, 2.05) is 0 Å². The van der Waals surface area contributed by atoms with Gasteiger partial charge in [0.15, 0.2) is 0 Å². The SMILES string of the molecule is O=P1(O)N(SC(F)(F)F)C(c2ccccc2)C(c2ccccc2)N1S(=O)(=O)C(F)(F)F. The Morgan fingerprint density at radius 3 is 1.65 bits per heavy atom. The molecule has 1 N–H and O–H groups in total. The summed E-state index contributed by atoms with van der Waals surface area (Å²) in [5, 5.41) is 0. The Balaban J connectivity index is 2.35. The Morgan fingerprint density at radius 2 is 1.26 bits per heavy atom. The van der Waals surface area contributed by atoms with Crippen molar-refractivity contribution in [3.05, 3.63) is 71.8 Å². The van der Waals surface area contributed by atoms with Crippen LogP contribution in [0.15, 0.2) is 60.7 Å². The molecule has 0 saturated carbocycles. The van der Waals surface area contributed by atoms with Gasteiger partial charge in [-0.25, -0.2) is 8.42 Å². The van der Waals surface area contributed by atoms with Gasteiger partial charge in [-0.1, -0.05) is 64.7 Å². The molecule has 0 radical (unpaired) electrons. The number of rotatable bonds is 4. The third kappa shape index (κ3) is 4.50. The van der Waals surface area contributed by atoms with Crippen LogP contribution in [0.25, 0.3) is 0 Å². The van der Waals surface area contributed by atoms with Crippen molar-refractivity contribution in [3.8, 4) is 0 Å². The molecule has 1 aliphatic heterocycles. The standard InChI is InChI=1S/C16H13F6N2O4PS2/c17-15(18,19)30-23-13(11-7-3-1-4-8-11)14(12-9-5-2-6-10-12)24(29(23,25)26)31(27,28)16(20,21)22/h1-10,13-14H,(H,25,26). The first kappa shape index (κ1) is 24.1. The third-order valence-electron chi connectivity index (χ3n) is 4.31. The van der Waals surface area contributed by atoms with Crippen molar-refractivity contribution < 1.29 is 44.2 Å². The average Bonchev–Trinajstić information content (AvgIpc) is 2.88. The molecule has 6 nitrogen and oxygen atoms in total. The van der Waals surface area contributed by atoms with Crippen LogP contribution in [0, 0.1) is 0 Å². The minimum atomic E-state index is -6.51. The molecule has 3 rings (SSSR count). The van der Waals surface area contributed by atoms with Gasteiger partial charge in [0.25, 0.3) is 0 Å². The molecule has 0 bridgehead atoms. The maximum Gasteiger partial charge on any atom is 0.512 e. The average molecular weight is 506 g/mol. The molecule has 2 aromatic rings. The van der Waals surface area contributed by atoms with Gasteiger partial charge >= 0.3 is 28.7 Å². The van der Waals surface area contributed by atoms with E-state index < -0.39 is 56.8 Å². The Kier molecular flexibility index (Phi) is 6.28. The first-order valence-corrected chi connectivity index (χ1v) is 12.1. The van der Waals surface area contributed by atoms with E-state index in [1.165, 1.54) is 60.7 Å². The number of halogens is 6. The van der Waals surface area contributed by atoms with Gasteiger partial charge in [-0.05, 0) is 11.1 Å². The molecule has 1 saturated heterocycles. The van der Waals surface area contributed by atoms with Crippen molar-refractivity contribution in [3.63, 3.8) is 0 Å². The van der Waals surface area contributed by atoms with E-state index in [1.54, 1.807) is 0 Å². The van der Waals surface area contributed by atoms with Crippen molar-refractivity contribution in [2.24, 2.45) is 0 Å². The molecular weight excluding hydrogens is 493 g/mol. The highest BCUT2D eigenvalue weighted by atomic mass is 32.2. The molecule has 0 aromatic heterocycles. The van der Waals surface area contributed by atoms with Gasteiger partial charge in [-0.3, -0.25) is 4.57 Å². The minimum Gasteiger partial charge on any atom is -0.320 e. The zero-order chi connectivity index (χ0) is 23.2. The minimum absolute atomic E-state index is 0.0812. The van der Waals surface area contributed by atoms with Crippen LogP contribution in [-0.2, 0) is 14.6 Å². The van der Waals surface area contributed by atoms with Crippen LogP contribution in [-0.4, -0.2) is 32.5 Å². The monoisotopic (exact) mass is 506 g/mol. The first-order valence-electron chi connectivity index (χ1n) is 8.27. The Labute approximate surface area is 177 Å². The lowest BCUT2D eigenvalue weighted by Crippen LogP contribution is -2.39. The van der Waals surface area contributed by atoms with Gasteiger partial charge in [0.2, 0.25) is 0 Å². The third-order valence-corrected chi connectivity index (χ3v) is 9.92. The van der Waals surface area contributed by atoms with E-state index in [0.29, 0.717) is 0 Å². The molecule has 31 heavy (non-hydrogen) atoms. The van der Waals surface area contributed by atoms with Gasteiger partial charge in [-0.15, -0.1) is 4.08 Å². The number of hydrogen-bond donors (Lipinski definition) is 1. The smallest absolute Gasteiger partial charge is 0.320 e. The maximum atomic E-state index is 13.4. The predicted molar refractivity (Wildman–Crippen MR) is 100 cm³/mol. The number of alkyl halides is 6. The number of benzene rings is 2. The zero-order valence-electron chi connectivity index (χ0n) is 15.0. The van der Waals surface area contributed by atoms with Crippen molar-refractivity contribution in [2.75, 3.05) is 0 Å². The van der Waals surface area contributed by atoms with E-state index in [-0.39, 0.29) is 15.2 Å². The normalized spacial score (nSPS) is 26.3. The quantitative estimate of drug-likeness (QED) is 0.349. The fourth-order valence-electron chi connectivity index (χ4n) is 3.18. The van der Waals surface area contributed by atoms with Gasteiger partial charge in [0.1, 0.15) is 0 Å². The lowest BCUT2D eigenvalue weighted by atomic mass is 9.95. The van der Waals surface area contributed by atoms with E-state index in [4.69, 9.17) is 0 Å². The van der Waals surface area contributed by atoms with Gasteiger partial charge in [0.05, 0.1) is 12.1 Å². The second-order valence-electron chi connectivity index (χ2n) is 6.29. The zero-order valence-corrected chi connectivity index (χ0v) is 17.6. The summed E-state index contributed by atoms with van der Waals surface area (Å²) in [7, 11) is -12.4. The van der Waals surface area contributed by atoms with Gasteiger partial charge in [-0.2, -0.15) is 26.3 Å². The summed E-state index contributed by atoms with van der Waals surface area (Å²) < 4.78 is 117. The van der Waals surface area contributed by atoms with Crippen molar-refractivity contribution in [1.82, 2.24) is 8.15 Å². The number of nitrogens with zero attached hydrogens (tertiary/aromatic N) is 2. The van der Waals surface area contributed by atoms with Crippen LogP contribution in [0.2, 0.25) is 0 Å². The molecule has 2 aromatic carbocycles. The molecule has 0 aliphatic carbocycles. The molecule has 1 aliphatic rings. The molecule has 1 heterocycles. The van der Waals surface area contributed by atoms with Crippen molar-refractivity contribution in [2.45, 2.75) is 23.1 Å². The van der Waals surface area contributed by atoms with E-state index >= 15 is 0 Å². The van der Waals surface area contributed by atoms with Crippen molar-refractivity contribution >= 4 is 29.6 Å². The van der Waals surface area contributed by atoms with E-state index in [2.05, 4.69) is 0 Å². The molecule has 0 spiro atoms. The number of hydrogen-bond acceptors (Lipinski definition) is 4. The summed E-state index contributed by atoms with van der Waals surface area (Å²) in [5.41, 5.74) is -11.5. The van der Waals surface area contributed by atoms with Crippen LogP contribution >= 0.6 is 19.6 Å². The highest BCUT2D eigenvalue weighted by Crippen LogP contribution is 2.73. The van der Waals surface area contributed by atoms with Crippen LogP contribution < -0.4 is 0 Å². The fourth-order valence-corrected chi connectivity index (χ4v) is 8.55. The highest BCUT2D eigenvalue weighted by molar-refractivity contribution is 8.04. The second kappa shape index (κ2) is 8.09. The van der Waals surface area contributed by atoms with Crippen LogP contribution in [0.5, 0.6) is 0 Å². The largest absolute Gasteiger partial charge is 0.512 e. The lowest BCUT2D eigenvalue weighted by molar-refractivity contribution is -0.0479. The molecule has 3 unspecified atom stereocenters. The first-order chi connectivity index (χ1) is 14.2. The van der Waals surface area contributed by atoms with E-state index in [0.717, 1.165) is 0 Å². The van der Waals surface area contributed by atoms with Gasteiger partial charge < -0.3 is 4.89 Å². The highest BCUT2D eigenvalue weighted by Gasteiger charge is 2.68. The van der Waals surface area contributed by atoms with Crippen LogP contribution in [0.1, 0.15) is 23.2 Å². The molecular formula is C16H13F6N2O4PS2. The summed E-state index contributed by atoms with van der Waals surface area (Å²) in [4.78, 5) is 10.4. The molecule has 170 valence electrons. The summed E-state index contributed by atoms with van der Waals surface area (Å²) in [5.74, 6) is 0. The maximum absolute atomic E-state index is 13.4. The summed E-state index contributed by atoms with van der Waals surface area (Å²) in [6.45, 7) is 0. The van der Waals surface area contributed by atoms with Crippen LogP contribution in [0.4, 0.5) is 26.3 Å². The van der Waals surface area contributed by atoms with Gasteiger partial charge in [0, 0.05) is 11.9 Å². The molecule has 15 heteroatoms. The second-order valence-corrected chi connectivity index (χ2v) is 11.6. The Hall–Kier alpha value is -1.57. The predicted octanol–water partition coefficient (Wildman–Crippen LogP) is 5.20. The summed E-state index contributed by atoms with van der Waals surface area (Å²) in [6, 6.07) is 9.14. The Bertz CT molecular complexity index is 1080. The summed E-state index contributed by atoms with van der Waals surface area (Å²) >= 11 is -1.15.